The number of urea groups is 1. The molecule has 1 aromatic carbocycles. The second-order valence-electron chi connectivity index (χ2n) is 6.74. The number of aryl methyl sites for hydroxylation is 3. The molecule has 3 rings (SSSR count). The summed E-state index contributed by atoms with van der Waals surface area (Å²) in [7, 11) is 1.81. The molecule has 0 fully saturated rings. The Balaban J connectivity index is 1.63. The molecule has 1 heterocycles. The lowest BCUT2D eigenvalue weighted by Crippen LogP contribution is -2.44. The Morgan fingerprint density at radius 3 is 3.00 bits per heavy atom. The third kappa shape index (κ3) is 3.85. The van der Waals surface area contributed by atoms with Crippen LogP contribution in [0.25, 0.3) is 0 Å². The molecule has 0 saturated carbocycles. The Morgan fingerprint density at radius 1 is 1.40 bits per heavy atom. The highest BCUT2D eigenvalue weighted by molar-refractivity contribution is 5.88. The Kier molecular flexibility index (Phi) is 5.08. The van der Waals surface area contributed by atoms with Crippen molar-refractivity contribution in [3.63, 3.8) is 0 Å². The fourth-order valence-corrected chi connectivity index (χ4v) is 3.49. The van der Waals surface area contributed by atoms with Crippen LogP contribution < -0.4 is 10.6 Å². The third-order valence-corrected chi connectivity index (χ3v) is 4.77. The monoisotopic (exact) mass is 342 g/mol. The van der Waals surface area contributed by atoms with E-state index in [-0.39, 0.29) is 12.6 Å². The molecule has 0 spiro atoms. The van der Waals surface area contributed by atoms with Crippen LogP contribution in [0.5, 0.6) is 0 Å². The Bertz CT molecular complexity index is 756. The van der Waals surface area contributed by atoms with Gasteiger partial charge in [-0.05, 0) is 36.8 Å². The smallest absolute Gasteiger partial charge is 0.320 e. The minimum Gasteiger partial charge on any atom is -0.383 e. The molecule has 6 heteroatoms. The van der Waals surface area contributed by atoms with Gasteiger partial charge in [-0.2, -0.15) is 5.10 Å². The first-order chi connectivity index (χ1) is 12.0. The van der Waals surface area contributed by atoms with Gasteiger partial charge in [0.25, 0.3) is 0 Å². The molecular formula is C19H26N4O2. The van der Waals surface area contributed by atoms with E-state index >= 15 is 0 Å². The van der Waals surface area contributed by atoms with Gasteiger partial charge in [0.2, 0.25) is 0 Å². The zero-order valence-electron chi connectivity index (χ0n) is 14.9. The summed E-state index contributed by atoms with van der Waals surface area (Å²) in [5.74, 6) is 0.650. The molecular weight excluding hydrogens is 316 g/mol. The maximum Gasteiger partial charge on any atom is 0.320 e. The fraction of sp³-hybridized carbons (Fsp3) is 0.474. The van der Waals surface area contributed by atoms with Crippen LogP contribution in [-0.2, 0) is 25.5 Å². The van der Waals surface area contributed by atoms with Crippen molar-refractivity contribution in [3.05, 3.63) is 47.2 Å². The number of carbonyl (C=O) groups is 1. The van der Waals surface area contributed by atoms with Gasteiger partial charge in [-0.3, -0.25) is 10.00 Å². The van der Waals surface area contributed by atoms with Crippen LogP contribution in [0.15, 0.2) is 30.3 Å². The summed E-state index contributed by atoms with van der Waals surface area (Å²) < 4.78 is 1.66. The van der Waals surface area contributed by atoms with E-state index in [1.165, 1.54) is 0 Å². The highest BCUT2D eigenvalue weighted by Gasteiger charge is 2.34. The van der Waals surface area contributed by atoms with Crippen molar-refractivity contribution in [2.24, 2.45) is 7.05 Å². The first kappa shape index (κ1) is 17.5. The first-order valence-electron chi connectivity index (χ1n) is 8.90. The minimum atomic E-state index is -1.01. The van der Waals surface area contributed by atoms with E-state index in [4.69, 9.17) is 0 Å². The number of rotatable bonds is 5. The number of aromatic nitrogens is 2. The van der Waals surface area contributed by atoms with Crippen LogP contribution in [-0.4, -0.2) is 27.5 Å². The van der Waals surface area contributed by atoms with Crippen molar-refractivity contribution >= 4 is 11.8 Å². The van der Waals surface area contributed by atoms with Gasteiger partial charge >= 0.3 is 6.03 Å². The zero-order chi connectivity index (χ0) is 17.9. The summed E-state index contributed by atoms with van der Waals surface area (Å²) in [5, 5.41) is 21.0. The largest absolute Gasteiger partial charge is 0.383 e. The fourth-order valence-electron chi connectivity index (χ4n) is 3.49. The van der Waals surface area contributed by atoms with Gasteiger partial charge in [-0.25, -0.2) is 4.79 Å². The lowest BCUT2D eigenvalue weighted by molar-refractivity contribution is 0.0221. The maximum absolute atomic E-state index is 12.3. The number of fused-ring (bicyclic) bond motifs is 1. The summed E-state index contributed by atoms with van der Waals surface area (Å²) >= 11 is 0. The quantitative estimate of drug-likeness (QED) is 0.782. The molecule has 3 N–H and O–H groups in total. The van der Waals surface area contributed by atoms with E-state index in [2.05, 4.69) is 22.7 Å². The van der Waals surface area contributed by atoms with E-state index in [1.807, 2.05) is 30.3 Å². The number of anilines is 1. The number of nitrogens with one attached hydrogen (secondary N) is 2. The van der Waals surface area contributed by atoms with Crippen molar-refractivity contribution < 1.29 is 9.90 Å². The maximum atomic E-state index is 12.3. The molecule has 0 saturated heterocycles. The summed E-state index contributed by atoms with van der Waals surface area (Å²) in [4.78, 5) is 12.3. The van der Waals surface area contributed by atoms with E-state index < -0.39 is 5.60 Å². The summed E-state index contributed by atoms with van der Waals surface area (Å²) in [6.07, 6.45) is 4.43. The van der Waals surface area contributed by atoms with Gasteiger partial charge in [-0.1, -0.05) is 37.6 Å². The Labute approximate surface area is 148 Å². The SMILES string of the molecule is CCCc1cc(NC(=O)NCC2(O)CCCc3ccccc32)n(C)n1. The average Bonchev–Trinajstić information content (AvgIpc) is 2.93. The average molecular weight is 342 g/mol. The highest BCUT2D eigenvalue weighted by atomic mass is 16.3. The molecule has 0 aliphatic heterocycles. The molecule has 6 nitrogen and oxygen atoms in total. The second-order valence-corrected chi connectivity index (χ2v) is 6.74. The molecule has 2 amide bonds. The zero-order valence-corrected chi connectivity index (χ0v) is 14.9. The van der Waals surface area contributed by atoms with Crippen molar-refractivity contribution in [2.75, 3.05) is 11.9 Å². The van der Waals surface area contributed by atoms with Gasteiger partial charge in [0.1, 0.15) is 11.4 Å². The molecule has 0 radical (unpaired) electrons. The van der Waals surface area contributed by atoms with Crippen molar-refractivity contribution in [3.8, 4) is 0 Å². The number of hydrogen-bond acceptors (Lipinski definition) is 3. The van der Waals surface area contributed by atoms with Crippen LogP contribution in [0, 0.1) is 0 Å². The van der Waals surface area contributed by atoms with E-state index in [1.54, 1.807) is 11.7 Å². The Hall–Kier alpha value is -2.34. The minimum absolute atomic E-state index is 0.190. The summed E-state index contributed by atoms with van der Waals surface area (Å²) in [6.45, 7) is 2.28. The molecule has 25 heavy (non-hydrogen) atoms. The van der Waals surface area contributed by atoms with Crippen LogP contribution in [0.2, 0.25) is 0 Å². The van der Waals surface area contributed by atoms with Crippen molar-refractivity contribution in [1.29, 1.82) is 0 Å². The van der Waals surface area contributed by atoms with Gasteiger partial charge in [0.15, 0.2) is 0 Å². The van der Waals surface area contributed by atoms with Gasteiger partial charge in [0.05, 0.1) is 12.2 Å². The number of carbonyl (C=O) groups excluding carboxylic acids is 1. The molecule has 2 aromatic rings. The third-order valence-electron chi connectivity index (χ3n) is 4.77. The summed E-state index contributed by atoms with van der Waals surface area (Å²) in [6, 6.07) is 9.47. The second kappa shape index (κ2) is 7.27. The molecule has 1 aliphatic rings. The highest BCUT2D eigenvalue weighted by Crippen LogP contribution is 2.34. The van der Waals surface area contributed by atoms with Gasteiger partial charge in [0, 0.05) is 13.1 Å². The predicted octanol–water partition coefficient (Wildman–Crippen LogP) is 2.72. The van der Waals surface area contributed by atoms with Crippen LogP contribution >= 0.6 is 0 Å². The van der Waals surface area contributed by atoms with E-state index in [9.17, 15) is 9.90 Å². The Morgan fingerprint density at radius 2 is 2.20 bits per heavy atom. The molecule has 1 aromatic heterocycles. The molecule has 134 valence electrons. The standard InChI is InChI=1S/C19H26N4O2/c1-3-7-15-12-17(23(2)22-15)21-18(24)20-13-19(25)11-6-9-14-8-4-5-10-16(14)19/h4-5,8,10,12,25H,3,6-7,9,11,13H2,1-2H3,(H2,20,21,24). The predicted molar refractivity (Wildman–Crippen MR) is 97.5 cm³/mol. The number of benzene rings is 1. The molecule has 1 unspecified atom stereocenters. The van der Waals surface area contributed by atoms with Crippen LogP contribution in [0.3, 0.4) is 0 Å². The number of nitrogens with zero attached hydrogens (tertiary/aromatic N) is 2. The first-order valence-corrected chi connectivity index (χ1v) is 8.90. The van der Waals surface area contributed by atoms with Crippen LogP contribution in [0.1, 0.15) is 43.0 Å². The lowest BCUT2D eigenvalue weighted by atomic mass is 9.79. The normalized spacial score (nSPS) is 19.3. The topological polar surface area (TPSA) is 79.2 Å². The lowest BCUT2D eigenvalue weighted by Gasteiger charge is -2.34. The molecule has 1 atom stereocenters. The number of amides is 2. The van der Waals surface area contributed by atoms with Crippen LogP contribution in [0.4, 0.5) is 10.6 Å². The number of hydrogen-bond donors (Lipinski definition) is 3. The van der Waals surface area contributed by atoms with Gasteiger partial charge in [-0.15, -0.1) is 0 Å². The van der Waals surface area contributed by atoms with E-state index in [0.717, 1.165) is 42.5 Å². The van der Waals surface area contributed by atoms with Crippen molar-refractivity contribution in [2.45, 2.75) is 44.6 Å². The molecule has 0 bridgehead atoms. The van der Waals surface area contributed by atoms with Crippen molar-refractivity contribution in [1.82, 2.24) is 15.1 Å². The number of aliphatic hydroxyl groups is 1. The van der Waals surface area contributed by atoms with E-state index in [0.29, 0.717) is 12.2 Å². The molecule has 1 aliphatic carbocycles. The van der Waals surface area contributed by atoms with Gasteiger partial charge < -0.3 is 10.4 Å². The summed E-state index contributed by atoms with van der Waals surface area (Å²) in [5.41, 5.74) is 2.04.